The monoisotopic (exact) mass is 316 g/mol. The predicted octanol–water partition coefficient (Wildman–Crippen LogP) is 1.66. The highest BCUT2D eigenvalue weighted by molar-refractivity contribution is 7.89. The van der Waals surface area contributed by atoms with Gasteiger partial charge in [0.2, 0.25) is 10.0 Å². The van der Waals surface area contributed by atoms with Gasteiger partial charge >= 0.3 is 0 Å². The second kappa shape index (κ2) is 6.83. The van der Waals surface area contributed by atoms with Crippen LogP contribution >= 0.6 is 0 Å². The van der Waals surface area contributed by atoms with E-state index in [1.807, 2.05) is 13.8 Å². The van der Waals surface area contributed by atoms with Gasteiger partial charge in [-0.3, -0.25) is 16.0 Å². The molecule has 0 aliphatic carbocycles. The molecule has 0 saturated heterocycles. The molecule has 0 bridgehead atoms. The third kappa shape index (κ3) is 3.90. The average molecular weight is 316 g/mol. The number of nitro groups is 1. The van der Waals surface area contributed by atoms with E-state index in [-0.39, 0.29) is 22.3 Å². The van der Waals surface area contributed by atoms with Gasteiger partial charge < -0.3 is 5.43 Å². The Balaban J connectivity index is 3.36. The zero-order chi connectivity index (χ0) is 16.2. The lowest BCUT2D eigenvalue weighted by Crippen LogP contribution is -2.34. The molecular formula is C12H20N4O4S. The van der Waals surface area contributed by atoms with Crippen LogP contribution in [0.15, 0.2) is 17.0 Å². The van der Waals surface area contributed by atoms with Crippen molar-refractivity contribution >= 4 is 21.4 Å². The molecule has 0 aliphatic heterocycles. The Morgan fingerprint density at radius 1 is 1.33 bits per heavy atom. The number of hydrogen-bond acceptors (Lipinski definition) is 6. The topological polar surface area (TPSA) is 127 Å². The van der Waals surface area contributed by atoms with Crippen LogP contribution in [0.5, 0.6) is 0 Å². The second-order valence-corrected chi connectivity index (χ2v) is 6.35. The highest BCUT2D eigenvalue weighted by Crippen LogP contribution is 2.30. The van der Waals surface area contributed by atoms with Gasteiger partial charge in [0.15, 0.2) is 0 Å². The molecule has 0 fully saturated rings. The second-order valence-electron chi connectivity index (χ2n) is 4.67. The molecule has 0 unspecified atom stereocenters. The van der Waals surface area contributed by atoms with Crippen molar-refractivity contribution in [3.8, 4) is 0 Å². The lowest BCUT2D eigenvalue weighted by Gasteiger charge is -2.16. The van der Waals surface area contributed by atoms with Gasteiger partial charge in [-0.25, -0.2) is 13.1 Å². The number of rotatable bonds is 7. The minimum absolute atomic E-state index is 0.0685. The summed E-state index contributed by atoms with van der Waals surface area (Å²) in [4.78, 5) is 10.2. The Hall–Kier alpha value is -1.71. The highest BCUT2D eigenvalue weighted by atomic mass is 32.2. The number of sulfonamides is 1. The van der Waals surface area contributed by atoms with Crippen LogP contribution in [-0.2, 0) is 10.0 Å². The first-order valence-electron chi connectivity index (χ1n) is 6.54. The zero-order valence-electron chi connectivity index (χ0n) is 12.2. The molecule has 0 spiro atoms. The molecule has 1 aromatic carbocycles. The Labute approximate surface area is 123 Å². The van der Waals surface area contributed by atoms with Crippen LogP contribution in [0.2, 0.25) is 0 Å². The maximum absolute atomic E-state index is 12.4. The van der Waals surface area contributed by atoms with E-state index in [1.165, 1.54) is 6.07 Å². The summed E-state index contributed by atoms with van der Waals surface area (Å²) in [6.45, 7) is 5.30. The Morgan fingerprint density at radius 3 is 2.33 bits per heavy atom. The van der Waals surface area contributed by atoms with Crippen molar-refractivity contribution < 1.29 is 13.3 Å². The summed E-state index contributed by atoms with van der Waals surface area (Å²) in [5, 5.41) is 11.0. The fraction of sp³-hybridized carbons (Fsp3) is 0.500. The van der Waals surface area contributed by atoms with E-state index in [0.29, 0.717) is 18.4 Å². The van der Waals surface area contributed by atoms with Crippen LogP contribution < -0.4 is 16.0 Å². The smallest absolute Gasteiger partial charge is 0.295 e. The molecule has 9 heteroatoms. The molecule has 0 aromatic heterocycles. The molecule has 118 valence electrons. The molecule has 1 rings (SSSR count). The van der Waals surface area contributed by atoms with Crippen LogP contribution in [0.25, 0.3) is 0 Å². The van der Waals surface area contributed by atoms with Crippen molar-refractivity contribution in [1.29, 1.82) is 0 Å². The molecule has 0 heterocycles. The van der Waals surface area contributed by atoms with Crippen molar-refractivity contribution in [2.24, 2.45) is 5.84 Å². The van der Waals surface area contributed by atoms with E-state index in [2.05, 4.69) is 10.1 Å². The number of nitro benzene ring substituents is 1. The van der Waals surface area contributed by atoms with E-state index < -0.39 is 14.9 Å². The SMILES string of the molecule is CCC(CC)NS(=O)(=O)c1cc([N+](=O)[O-])c(NN)cc1C. The van der Waals surface area contributed by atoms with Gasteiger partial charge in [-0.2, -0.15) is 0 Å². The van der Waals surface area contributed by atoms with Crippen molar-refractivity contribution in [3.63, 3.8) is 0 Å². The maximum Gasteiger partial charge on any atom is 0.295 e. The number of nitrogens with two attached hydrogens (primary N) is 1. The standard InChI is InChI=1S/C12H20N4O4S/c1-4-9(5-2)15-21(19,20)12-7-11(16(17)18)10(14-13)6-8(12)3/h6-7,9,14-15H,4-5,13H2,1-3H3. The molecule has 0 radical (unpaired) electrons. The lowest BCUT2D eigenvalue weighted by molar-refractivity contribution is -0.384. The normalized spacial score (nSPS) is 11.7. The van der Waals surface area contributed by atoms with Crippen LogP contribution in [0.1, 0.15) is 32.3 Å². The third-order valence-corrected chi connectivity index (χ3v) is 4.90. The lowest BCUT2D eigenvalue weighted by atomic mass is 10.2. The Morgan fingerprint density at radius 2 is 1.90 bits per heavy atom. The molecule has 1 aromatic rings. The first-order valence-corrected chi connectivity index (χ1v) is 8.03. The first kappa shape index (κ1) is 17.3. The molecule has 0 aliphatic rings. The van der Waals surface area contributed by atoms with E-state index >= 15 is 0 Å². The number of nitrogens with zero attached hydrogens (tertiary/aromatic N) is 1. The molecule has 0 atom stereocenters. The molecule has 4 N–H and O–H groups in total. The number of benzene rings is 1. The summed E-state index contributed by atoms with van der Waals surface area (Å²) in [7, 11) is -3.82. The summed E-state index contributed by atoms with van der Waals surface area (Å²) in [5.74, 6) is 5.22. The summed E-state index contributed by atoms with van der Waals surface area (Å²) < 4.78 is 27.3. The number of nitrogen functional groups attached to an aromatic ring is 1. The minimum Gasteiger partial charge on any atom is -0.318 e. The van der Waals surface area contributed by atoms with Gasteiger partial charge in [-0.05, 0) is 31.4 Å². The maximum atomic E-state index is 12.4. The minimum atomic E-state index is -3.82. The van der Waals surface area contributed by atoms with Crippen molar-refractivity contribution in [1.82, 2.24) is 4.72 Å². The quantitative estimate of drug-likeness (QED) is 0.399. The van der Waals surface area contributed by atoms with Crippen molar-refractivity contribution in [2.45, 2.75) is 44.6 Å². The molecular weight excluding hydrogens is 296 g/mol. The largest absolute Gasteiger partial charge is 0.318 e. The Bertz CT molecular complexity index is 626. The van der Waals surface area contributed by atoms with Crippen molar-refractivity contribution in [2.75, 3.05) is 5.43 Å². The molecule has 0 amide bonds. The van der Waals surface area contributed by atoms with Gasteiger partial charge in [0, 0.05) is 12.1 Å². The van der Waals surface area contributed by atoms with Crippen LogP contribution in [0.3, 0.4) is 0 Å². The van der Waals surface area contributed by atoms with Gasteiger partial charge in [0.1, 0.15) is 5.69 Å². The van der Waals surface area contributed by atoms with Gasteiger partial charge in [-0.15, -0.1) is 0 Å². The summed E-state index contributed by atoms with van der Waals surface area (Å²) in [6.07, 6.45) is 1.28. The number of hydrogen-bond donors (Lipinski definition) is 3. The van der Waals surface area contributed by atoms with E-state index in [9.17, 15) is 18.5 Å². The number of hydrazine groups is 1. The number of anilines is 1. The van der Waals surface area contributed by atoms with Gasteiger partial charge in [0.25, 0.3) is 5.69 Å². The fourth-order valence-corrected chi connectivity index (χ4v) is 3.62. The summed E-state index contributed by atoms with van der Waals surface area (Å²) >= 11 is 0. The third-order valence-electron chi connectivity index (χ3n) is 3.24. The van der Waals surface area contributed by atoms with Gasteiger partial charge in [0.05, 0.1) is 9.82 Å². The summed E-state index contributed by atoms with van der Waals surface area (Å²) in [5.41, 5.74) is 2.27. The van der Waals surface area contributed by atoms with Gasteiger partial charge in [-0.1, -0.05) is 13.8 Å². The van der Waals surface area contributed by atoms with E-state index in [0.717, 1.165) is 6.07 Å². The van der Waals surface area contributed by atoms with Crippen LogP contribution in [-0.4, -0.2) is 19.4 Å². The van der Waals surface area contributed by atoms with E-state index in [1.54, 1.807) is 6.92 Å². The predicted molar refractivity (Wildman–Crippen MR) is 80.3 cm³/mol. The molecule has 0 saturated carbocycles. The number of aryl methyl sites for hydroxylation is 1. The average Bonchev–Trinajstić information content (AvgIpc) is 2.43. The van der Waals surface area contributed by atoms with Crippen molar-refractivity contribution in [3.05, 3.63) is 27.8 Å². The molecule has 21 heavy (non-hydrogen) atoms. The first-order chi connectivity index (χ1) is 9.76. The molecule has 8 nitrogen and oxygen atoms in total. The number of nitrogens with one attached hydrogen (secondary N) is 2. The fourth-order valence-electron chi connectivity index (χ4n) is 1.97. The zero-order valence-corrected chi connectivity index (χ0v) is 13.0. The van der Waals surface area contributed by atoms with Crippen LogP contribution in [0, 0.1) is 17.0 Å². The summed E-state index contributed by atoms with van der Waals surface area (Å²) in [6, 6.07) is 2.16. The van der Waals surface area contributed by atoms with Crippen LogP contribution in [0.4, 0.5) is 11.4 Å². The van der Waals surface area contributed by atoms with E-state index in [4.69, 9.17) is 5.84 Å². The highest BCUT2D eigenvalue weighted by Gasteiger charge is 2.25. The Kier molecular flexibility index (Phi) is 5.64.